The Morgan fingerprint density at radius 2 is 2.12 bits per heavy atom. The molecule has 8 heteroatoms. The van der Waals surface area contributed by atoms with Gasteiger partial charge in [0.2, 0.25) is 0 Å². The molecule has 0 radical (unpaired) electrons. The van der Waals surface area contributed by atoms with E-state index in [0.717, 1.165) is 42.1 Å². The topological polar surface area (TPSA) is 60.0 Å². The van der Waals surface area contributed by atoms with Crippen LogP contribution in [-0.4, -0.2) is 56.9 Å². The Morgan fingerprint density at radius 3 is 2.88 bits per heavy atom. The third-order valence-corrected chi connectivity index (χ3v) is 7.29. The number of benzene rings is 2. The number of halogens is 1. The third kappa shape index (κ3) is 5.24. The van der Waals surface area contributed by atoms with Crippen LogP contribution in [-0.2, 0) is 9.47 Å². The van der Waals surface area contributed by atoms with Crippen LogP contribution in [0.2, 0.25) is 0 Å². The van der Waals surface area contributed by atoms with Crippen LogP contribution < -0.4 is 9.46 Å². The van der Waals surface area contributed by atoms with E-state index in [-0.39, 0.29) is 17.8 Å². The molecule has 4 rings (SSSR count). The van der Waals surface area contributed by atoms with Crippen molar-refractivity contribution in [1.29, 1.82) is 0 Å². The molecule has 2 aliphatic heterocycles. The van der Waals surface area contributed by atoms with Gasteiger partial charge in [0.1, 0.15) is 23.7 Å². The lowest BCUT2D eigenvalue weighted by atomic mass is 9.88. The van der Waals surface area contributed by atoms with Crippen molar-refractivity contribution in [3.8, 4) is 5.75 Å². The van der Waals surface area contributed by atoms with Gasteiger partial charge in [-0.15, -0.1) is 0 Å². The Morgan fingerprint density at radius 1 is 1.29 bits per heavy atom. The lowest BCUT2D eigenvalue weighted by Gasteiger charge is -2.29. The summed E-state index contributed by atoms with van der Waals surface area (Å²) >= 11 is 1.32. The van der Waals surface area contributed by atoms with Crippen LogP contribution >= 0.6 is 11.9 Å². The summed E-state index contributed by atoms with van der Waals surface area (Å²) in [7, 11) is 1.36. The molecule has 1 saturated heterocycles. The molecule has 2 aromatic rings. The summed E-state index contributed by atoms with van der Waals surface area (Å²) in [5.74, 6) is 0.0181. The van der Waals surface area contributed by atoms with Gasteiger partial charge in [-0.1, -0.05) is 32.1 Å². The molecular weight excluding hydrogens is 455 g/mol. The summed E-state index contributed by atoms with van der Waals surface area (Å²) in [5, 5.41) is 0. The number of carbonyl (C=O) groups excluding carboxylic acids is 1. The third-order valence-electron chi connectivity index (χ3n) is 6.38. The fourth-order valence-corrected chi connectivity index (χ4v) is 5.20. The van der Waals surface area contributed by atoms with E-state index in [1.165, 1.54) is 31.2 Å². The van der Waals surface area contributed by atoms with E-state index in [0.29, 0.717) is 30.2 Å². The number of carbonyl (C=O) groups is 1. The van der Waals surface area contributed by atoms with Crippen LogP contribution in [0.4, 0.5) is 10.1 Å². The van der Waals surface area contributed by atoms with E-state index in [4.69, 9.17) is 14.2 Å². The van der Waals surface area contributed by atoms with E-state index in [1.807, 2.05) is 24.3 Å². The largest absolute Gasteiger partial charge is 0.490 e. The van der Waals surface area contributed by atoms with Crippen LogP contribution in [0, 0.1) is 5.82 Å². The summed E-state index contributed by atoms with van der Waals surface area (Å²) in [4.78, 5) is 15.9. The number of esters is 1. The zero-order chi connectivity index (χ0) is 24.1. The SMILES string of the molecule is CCN(CC)C/C=C\c1cc(F)ccc1SNc1ccc2c(c1C(=O)OC)OCC1OCCC21. The van der Waals surface area contributed by atoms with Crippen LogP contribution in [0.5, 0.6) is 5.75 Å². The maximum Gasteiger partial charge on any atom is 0.343 e. The summed E-state index contributed by atoms with van der Waals surface area (Å²) in [5.41, 5.74) is 2.71. The van der Waals surface area contributed by atoms with E-state index < -0.39 is 5.97 Å². The average Bonchev–Trinajstić information content (AvgIpc) is 3.34. The molecule has 2 aromatic carbocycles. The molecule has 6 nitrogen and oxygen atoms in total. The number of methoxy groups -OCH3 is 1. The lowest BCUT2D eigenvalue weighted by molar-refractivity contribution is 0.0469. The lowest BCUT2D eigenvalue weighted by Crippen LogP contribution is -2.29. The van der Waals surface area contributed by atoms with Gasteiger partial charge in [-0.05, 0) is 61.3 Å². The van der Waals surface area contributed by atoms with Crippen LogP contribution in [0.1, 0.15) is 47.7 Å². The Kier molecular flexibility index (Phi) is 8.13. The molecule has 1 fully saturated rings. The molecular formula is C26H31FN2O4S. The summed E-state index contributed by atoms with van der Waals surface area (Å²) < 4.78 is 34.1. The van der Waals surface area contributed by atoms with Gasteiger partial charge >= 0.3 is 5.97 Å². The monoisotopic (exact) mass is 486 g/mol. The van der Waals surface area contributed by atoms with Crippen molar-refractivity contribution in [2.45, 2.75) is 37.2 Å². The van der Waals surface area contributed by atoms with Gasteiger partial charge in [0, 0.05) is 29.5 Å². The summed E-state index contributed by atoms with van der Waals surface area (Å²) in [6.45, 7) is 8.04. The minimum atomic E-state index is -0.462. The second-order valence-electron chi connectivity index (χ2n) is 8.29. The fourth-order valence-electron chi connectivity index (χ4n) is 4.43. The Hall–Kier alpha value is -2.55. The normalized spacial score (nSPS) is 19.1. The maximum atomic E-state index is 14.0. The van der Waals surface area contributed by atoms with Crippen LogP contribution in [0.15, 0.2) is 41.3 Å². The van der Waals surface area contributed by atoms with Crippen molar-refractivity contribution in [1.82, 2.24) is 4.90 Å². The van der Waals surface area contributed by atoms with Gasteiger partial charge in [-0.3, -0.25) is 0 Å². The highest BCUT2D eigenvalue weighted by Gasteiger charge is 2.38. The molecule has 0 aliphatic carbocycles. The highest BCUT2D eigenvalue weighted by molar-refractivity contribution is 8.00. The van der Waals surface area contributed by atoms with E-state index in [2.05, 4.69) is 23.5 Å². The first-order valence-corrected chi connectivity index (χ1v) is 12.5. The Labute approximate surface area is 204 Å². The summed E-state index contributed by atoms with van der Waals surface area (Å²) in [6, 6.07) is 8.55. The molecule has 2 unspecified atom stereocenters. The van der Waals surface area contributed by atoms with Crippen molar-refractivity contribution < 1.29 is 23.4 Å². The Balaban J connectivity index is 1.58. The molecule has 2 aliphatic rings. The van der Waals surface area contributed by atoms with Gasteiger partial charge in [0.15, 0.2) is 0 Å². The van der Waals surface area contributed by atoms with Gasteiger partial charge in [-0.25, -0.2) is 9.18 Å². The zero-order valence-corrected chi connectivity index (χ0v) is 20.6. The molecule has 1 N–H and O–H groups in total. The maximum absolute atomic E-state index is 14.0. The molecule has 2 atom stereocenters. The molecule has 2 heterocycles. The van der Waals surface area contributed by atoms with E-state index >= 15 is 0 Å². The second-order valence-corrected chi connectivity index (χ2v) is 9.14. The Bertz CT molecular complexity index is 1060. The highest BCUT2D eigenvalue weighted by Crippen LogP contribution is 2.45. The molecule has 182 valence electrons. The minimum absolute atomic E-state index is 0.0242. The molecule has 0 spiro atoms. The highest BCUT2D eigenvalue weighted by atomic mass is 32.2. The number of rotatable bonds is 9. The molecule has 0 aromatic heterocycles. The van der Waals surface area contributed by atoms with E-state index in [1.54, 1.807) is 6.07 Å². The number of nitrogens with one attached hydrogen (secondary N) is 1. The molecule has 34 heavy (non-hydrogen) atoms. The average molecular weight is 487 g/mol. The fraction of sp³-hybridized carbons (Fsp3) is 0.423. The smallest absolute Gasteiger partial charge is 0.343 e. The predicted octanol–water partition coefficient (Wildman–Crippen LogP) is 5.35. The van der Waals surface area contributed by atoms with Gasteiger partial charge in [0.05, 0.1) is 18.9 Å². The number of nitrogens with zero attached hydrogens (tertiary/aromatic N) is 1. The quantitative estimate of drug-likeness (QED) is 0.379. The van der Waals surface area contributed by atoms with Gasteiger partial charge in [-0.2, -0.15) is 0 Å². The number of fused-ring (bicyclic) bond motifs is 3. The summed E-state index contributed by atoms with van der Waals surface area (Å²) in [6.07, 6.45) is 4.90. The first kappa shape index (κ1) is 24.6. The van der Waals surface area contributed by atoms with Crippen LogP contribution in [0.25, 0.3) is 6.08 Å². The van der Waals surface area contributed by atoms with Crippen molar-refractivity contribution in [3.63, 3.8) is 0 Å². The first-order valence-electron chi connectivity index (χ1n) is 11.7. The molecule has 0 saturated carbocycles. The van der Waals surface area contributed by atoms with Crippen molar-refractivity contribution in [2.24, 2.45) is 0 Å². The number of likely N-dealkylation sites (N-methyl/N-ethyl adjacent to an activating group) is 1. The van der Waals surface area contributed by atoms with E-state index in [9.17, 15) is 9.18 Å². The number of anilines is 1. The first-order chi connectivity index (χ1) is 16.5. The van der Waals surface area contributed by atoms with Crippen molar-refractivity contribution in [3.05, 3.63) is 58.9 Å². The number of hydrogen-bond acceptors (Lipinski definition) is 7. The van der Waals surface area contributed by atoms with Crippen molar-refractivity contribution in [2.75, 3.05) is 44.7 Å². The number of ether oxygens (including phenoxy) is 3. The predicted molar refractivity (Wildman–Crippen MR) is 133 cm³/mol. The van der Waals surface area contributed by atoms with Gasteiger partial charge < -0.3 is 23.8 Å². The van der Waals surface area contributed by atoms with Crippen LogP contribution in [0.3, 0.4) is 0 Å². The van der Waals surface area contributed by atoms with Crippen molar-refractivity contribution >= 4 is 29.7 Å². The second kappa shape index (κ2) is 11.3. The zero-order valence-electron chi connectivity index (χ0n) is 19.8. The standard InChI is InChI=1S/C26H31FN2O4S/c1-4-29(5-2)13-6-7-17-15-18(27)8-11-23(17)34-28-21-10-9-20-19-12-14-32-22(19)16-33-25(20)24(21)26(30)31-3/h6-11,15,19,22,28H,4-5,12-14,16H2,1-3H3/b7-6-. The minimum Gasteiger partial charge on any atom is -0.490 e. The number of hydrogen-bond donors (Lipinski definition) is 1. The molecule has 0 amide bonds. The van der Waals surface area contributed by atoms with Gasteiger partial charge in [0.25, 0.3) is 0 Å². The molecule has 0 bridgehead atoms.